The van der Waals surface area contributed by atoms with E-state index in [1.807, 2.05) is 18.2 Å². The first-order chi connectivity index (χ1) is 14.3. The molecule has 0 fully saturated rings. The number of rotatable bonds is 16. The summed E-state index contributed by atoms with van der Waals surface area (Å²) < 4.78 is 21.4. The van der Waals surface area contributed by atoms with Crippen LogP contribution in [-0.2, 0) is 16.1 Å². The van der Waals surface area contributed by atoms with Crippen LogP contribution in [0, 0.1) is 0 Å². The molecule has 1 heterocycles. The van der Waals surface area contributed by atoms with Gasteiger partial charge in [0.2, 0.25) is 6.79 Å². The van der Waals surface area contributed by atoms with Crippen molar-refractivity contribution in [1.82, 2.24) is 5.32 Å². The molecule has 0 saturated heterocycles. The van der Waals surface area contributed by atoms with E-state index in [4.69, 9.17) is 18.9 Å². The molecule has 1 aromatic rings. The summed E-state index contributed by atoms with van der Waals surface area (Å²) >= 11 is 0. The quantitative estimate of drug-likeness (QED) is 0.362. The number of hydrogen-bond donors (Lipinski definition) is 1. The van der Waals surface area contributed by atoms with Crippen molar-refractivity contribution in [2.75, 3.05) is 27.1 Å². The van der Waals surface area contributed by atoms with Gasteiger partial charge < -0.3 is 24.3 Å². The van der Waals surface area contributed by atoms with Crippen molar-refractivity contribution in [3.63, 3.8) is 0 Å². The Morgan fingerprint density at radius 2 is 1.45 bits per heavy atom. The van der Waals surface area contributed by atoms with Crippen LogP contribution in [0.2, 0.25) is 0 Å². The van der Waals surface area contributed by atoms with Crippen molar-refractivity contribution in [2.24, 2.45) is 0 Å². The fraction of sp³-hybridized carbons (Fsp3) is 0.696. The standard InChI is InChI=1S/C23H37NO5/c1-24-23(25)27-16-12-10-8-6-4-2-3-5-7-9-11-15-26-18-20-13-14-21-22(17-20)29-19-28-21/h13-14,17H,2-12,15-16,18-19H2,1H3,(H,24,25). The van der Waals surface area contributed by atoms with Gasteiger partial charge in [-0.25, -0.2) is 4.79 Å². The Morgan fingerprint density at radius 3 is 2.10 bits per heavy atom. The van der Waals surface area contributed by atoms with Gasteiger partial charge >= 0.3 is 6.09 Å². The molecule has 1 aliphatic heterocycles. The molecule has 164 valence electrons. The first-order valence-electron chi connectivity index (χ1n) is 11.1. The normalized spacial score (nSPS) is 12.2. The zero-order chi connectivity index (χ0) is 20.6. The first kappa shape index (κ1) is 23.3. The van der Waals surface area contributed by atoms with Crippen molar-refractivity contribution in [1.29, 1.82) is 0 Å². The predicted octanol–water partition coefficient (Wildman–Crippen LogP) is 5.58. The zero-order valence-electron chi connectivity index (χ0n) is 17.9. The van der Waals surface area contributed by atoms with E-state index in [2.05, 4.69) is 5.32 Å². The Labute approximate surface area is 175 Å². The molecule has 1 N–H and O–H groups in total. The third-order valence-corrected chi connectivity index (χ3v) is 5.08. The third kappa shape index (κ3) is 10.4. The van der Waals surface area contributed by atoms with Gasteiger partial charge in [0.25, 0.3) is 0 Å². The molecule has 0 aromatic heterocycles. The van der Waals surface area contributed by atoms with Gasteiger partial charge in [-0.1, -0.05) is 63.9 Å². The highest BCUT2D eigenvalue weighted by Gasteiger charge is 2.12. The van der Waals surface area contributed by atoms with Crippen LogP contribution in [0.1, 0.15) is 76.2 Å². The van der Waals surface area contributed by atoms with Gasteiger partial charge in [-0.2, -0.15) is 0 Å². The Kier molecular flexibility index (Phi) is 12.0. The largest absolute Gasteiger partial charge is 0.454 e. The van der Waals surface area contributed by atoms with E-state index in [-0.39, 0.29) is 6.09 Å². The van der Waals surface area contributed by atoms with Crippen LogP contribution in [0.25, 0.3) is 0 Å². The molecule has 29 heavy (non-hydrogen) atoms. The highest BCUT2D eigenvalue weighted by molar-refractivity contribution is 5.66. The molecule has 0 aliphatic carbocycles. The topological polar surface area (TPSA) is 66.0 Å². The molecule has 0 atom stereocenters. The number of nitrogens with one attached hydrogen (secondary N) is 1. The van der Waals surface area contributed by atoms with E-state index < -0.39 is 0 Å². The Morgan fingerprint density at radius 1 is 0.862 bits per heavy atom. The van der Waals surface area contributed by atoms with Crippen molar-refractivity contribution in [3.05, 3.63) is 23.8 Å². The second-order valence-electron chi connectivity index (χ2n) is 7.52. The molecule has 2 rings (SSSR count). The summed E-state index contributed by atoms with van der Waals surface area (Å²) in [4.78, 5) is 10.9. The lowest BCUT2D eigenvalue weighted by Crippen LogP contribution is -2.19. The molecule has 1 aromatic carbocycles. The molecule has 0 bridgehead atoms. The monoisotopic (exact) mass is 407 g/mol. The number of hydrogen-bond acceptors (Lipinski definition) is 5. The first-order valence-corrected chi connectivity index (χ1v) is 11.1. The van der Waals surface area contributed by atoms with E-state index in [0.717, 1.165) is 42.9 Å². The van der Waals surface area contributed by atoms with Gasteiger partial charge in [0.05, 0.1) is 13.2 Å². The van der Waals surface area contributed by atoms with E-state index in [9.17, 15) is 4.79 Å². The molecule has 0 saturated carbocycles. The minimum absolute atomic E-state index is 0.315. The van der Waals surface area contributed by atoms with Crippen LogP contribution < -0.4 is 14.8 Å². The summed E-state index contributed by atoms with van der Waals surface area (Å²) in [7, 11) is 1.58. The number of unbranched alkanes of at least 4 members (excludes halogenated alkanes) is 10. The van der Waals surface area contributed by atoms with E-state index in [0.29, 0.717) is 20.0 Å². The average molecular weight is 408 g/mol. The molecule has 1 amide bonds. The van der Waals surface area contributed by atoms with Gasteiger partial charge in [0.1, 0.15) is 0 Å². The summed E-state index contributed by atoms with van der Waals surface area (Å²) in [5, 5.41) is 2.45. The predicted molar refractivity (Wildman–Crippen MR) is 113 cm³/mol. The Hall–Kier alpha value is -1.95. The van der Waals surface area contributed by atoms with Gasteiger partial charge in [-0.15, -0.1) is 0 Å². The number of fused-ring (bicyclic) bond motifs is 1. The molecular formula is C23H37NO5. The summed E-state index contributed by atoms with van der Waals surface area (Å²) in [6, 6.07) is 5.98. The van der Waals surface area contributed by atoms with Gasteiger partial charge in [-0.3, -0.25) is 0 Å². The summed E-state index contributed by atoms with van der Waals surface area (Å²) in [6.07, 6.45) is 13.3. The van der Waals surface area contributed by atoms with Crippen LogP contribution in [0.4, 0.5) is 4.79 Å². The number of ether oxygens (including phenoxy) is 4. The van der Waals surface area contributed by atoms with Crippen molar-refractivity contribution >= 4 is 6.09 Å². The molecule has 0 spiro atoms. The second-order valence-corrected chi connectivity index (χ2v) is 7.52. The molecular weight excluding hydrogens is 370 g/mol. The zero-order valence-corrected chi connectivity index (χ0v) is 17.9. The van der Waals surface area contributed by atoms with Crippen LogP contribution in [0.3, 0.4) is 0 Å². The Bertz CT molecular complexity index is 578. The van der Waals surface area contributed by atoms with E-state index >= 15 is 0 Å². The fourth-order valence-electron chi connectivity index (χ4n) is 3.35. The van der Waals surface area contributed by atoms with Crippen LogP contribution in [-0.4, -0.2) is 33.1 Å². The SMILES string of the molecule is CNC(=O)OCCCCCCCCCCCCCOCc1ccc2c(c1)OCO2. The van der Waals surface area contributed by atoms with E-state index in [1.165, 1.54) is 51.4 Å². The Balaban J connectivity index is 1.29. The number of carbonyl (C=O) groups excluding carboxylic acids is 1. The van der Waals surface area contributed by atoms with Crippen LogP contribution >= 0.6 is 0 Å². The smallest absolute Gasteiger partial charge is 0.406 e. The summed E-state index contributed by atoms with van der Waals surface area (Å²) in [5.41, 5.74) is 1.13. The molecule has 0 unspecified atom stereocenters. The number of alkyl carbamates (subject to hydrolysis) is 1. The third-order valence-electron chi connectivity index (χ3n) is 5.08. The lowest BCUT2D eigenvalue weighted by atomic mass is 10.1. The number of benzene rings is 1. The van der Waals surface area contributed by atoms with Crippen LogP contribution in [0.15, 0.2) is 18.2 Å². The van der Waals surface area contributed by atoms with Crippen molar-refractivity contribution in [3.8, 4) is 11.5 Å². The average Bonchev–Trinajstić information content (AvgIpc) is 3.21. The van der Waals surface area contributed by atoms with Crippen LogP contribution in [0.5, 0.6) is 11.5 Å². The fourth-order valence-corrected chi connectivity index (χ4v) is 3.35. The van der Waals surface area contributed by atoms with E-state index in [1.54, 1.807) is 7.05 Å². The van der Waals surface area contributed by atoms with Gasteiger partial charge in [-0.05, 0) is 30.5 Å². The molecule has 6 heteroatoms. The van der Waals surface area contributed by atoms with Crippen molar-refractivity contribution in [2.45, 2.75) is 77.2 Å². The maximum absolute atomic E-state index is 10.9. The minimum atomic E-state index is -0.332. The lowest BCUT2D eigenvalue weighted by Gasteiger charge is -2.06. The second kappa shape index (κ2) is 15.0. The molecule has 6 nitrogen and oxygen atoms in total. The maximum Gasteiger partial charge on any atom is 0.406 e. The van der Waals surface area contributed by atoms with Gasteiger partial charge in [0, 0.05) is 13.7 Å². The minimum Gasteiger partial charge on any atom is -0.454 e. The van der Waals surface area contributed by atoms with Gasteiger partial charge in [0.15, 0.2) is 11.5 Å². The highest BCUT2D eigenvalue weighted by Crippen LogP contribution is 2.32. The number of amides is 1. The molecule has 0 radical (unpaired) electrons. The summed E-state index contributed by atoms with van der Waals surface area (Å²) in [6.45, 7) is 2.29. The molecule has 1 aliphatic rings. The number of carbonyl (C=O) groups is 1. The highest BCUT2D eigenvalue weighted by atomic mass is 16.7. The summed E-state index contributed by atoms with van der Waals surface area (Å²) in [5.74, 6) is 1.64. The lowest BCUT2D eigenvalue weighted by molar-refractivity contribution is 0.116. The maximum atomic E-state index is 10.9. The van der Waals surface area contributed by atoms with Crippen molar-refractivity contribution < 1.29 is 23.7 Å².